The number of aryl methyl sites for hydroxylation is 2. The summed E-state index contributed by atoms with van der Waals surface area (Å²) in [4.78, 5) is 0. The summed E-state index contributed by atoms with van der Waals surface area (Å²) in [6.45, 7) is 5.38. The Morgan fingerprint density at radius 1 is 1.22 bits per heavy atom. The summed E-state index contributed by atoms with van der Waals surface area (Å²) in [5, 5.41) is 10.1. The lowest BCUT2D eigenvalue weighted by Gasteiger charge is -2.15. The van der Waals surface area contributed by atoms with E-state index >= 15 is 0 Å². The predicted octanol–water partition coefficient (Wildman–Crippen LogP) is 3.54. The lowest BCUT2D eigenvalue weighted by atomic mass is 10.0. The van der Waals surface area contributed by atoms with Crippen LogP contribution in [0.3, 0.4) is 0 Å². The first-order valence-electron chi connectivity index (χ1n) is 7.00. The van der Waals surface area contributed by atoms with Gasteiger partial charge in [0.15, 0.2) is 0 Å². The molecule has 1 unspecified atom stereocenters. The molecule has 1 N–H and O–H groups in total. The summed E-state index contributed by atoms with van der Waals surface area (Å²) in [6, 6.07) is 6.11. The van der Waals surface area contributed by atoms with E-state index < -0.39 is 6.10 Å². The molecule has 0 aliphatic heterocycles. The normalized spacial score (nSPS) is 18.2. The van der Waals surface area contributed by atoms with E-state index in [0.29, 0.717) is 6.61 Å². The van der Waals surface area contributed by atoms with Crippen molar-refractivity contribution in [1.29, 1.82) is 0 Å². The van der Waals surface area contributed by atoms with Crippen molar-refractivity contribution >= 4 is 0 Å². The third kappa shape index (κ3) is 3.56. The van der Waals surface area contributed by atoms with Crippen molar-refractivity contribution in [3.05, 3.63) is 34.9 Å². The van der Waals surface area contributed by atoms with Gasteiger partial charge in [0.25, 0.3) is 0 Å². The molecular weight excluding hydrogens is 224 g/mol. The quantitative estimate of drug-likeness (QED) is 0.863. The van der Waals surface area contributed by atoms with Gasteiger partial charge in [0.2, 0.25) is 0 Å². The van der Waals surface area contributed by atoms with Gasteiger partial charge in [0, 0.05) is 6.61 Å². The van der Waals surface area contributed by atoms with Crippen molar-refractivity contribution in [3.63, 3.8) is 0 Å². The van der Waals surface area contributed by atoms with E-state index in [9.17, 15) is 5.11 Å². The third-order valence-corrected chi connectivity index (χ3v) is 4.02. The molecule has 2 rings (SSSR count). The molecule has 1 aromatic rings. The second-order valence-corrected chi connectivity index (χ2v) is 5.55. The second-order valence-electron chi connectivity index (χ2n) is 5.55. The molecule has 1 fully saturated rings. The number of hydrogen-bond acceptors (Lipinski definition) is 2. The van der Waals surface area contributed by atoms with Gasteiger partial charge in [-0.2, -0.15) is 0 Å². The van der Waals surface area contributed by atoms with Gasteiger partial charge in [-0.1, -0.05) is 31.0 Å². The van der Waals surface area contributed by atoms with E-state index in [0.717, 1.165) is 18.1 Å². The maximum absolute atomic E-state index is 10.1. The van der Waals surface area contributed by atoms with E-state index in [4.69, 9.17) is 4.74 Å². The third-order valence-electron chi connectivity index (χ3n) is 4.02. The highest BCUT2D eigenvalue weighted by molar-refractivity contribution is 5.31. The highest BCUT2D eigenvalue weighted by Gasteiger charge is 2.16. The van der Waals surface area contributed by atoms with Gasteiger partial charge in [-0.05, 0) is 49.3 Å². The number of benzene rings is 1. The lowest BCUT2D eigenvalue weighted by molar-refractivity contribution is 0.0211. The van der Waals surface area contributed by atoms with Crippen LogP contribution in [-0.2, 0) is 4.74 Å². The van der Waals surface area contributed by atoms with Crippen molar-refractivity contribution in [2.75, 3.05) is 13.2 Å². The predicted molar refractivity (Wildman–Crippen MR) is 73.7 cm³/mol. The number of aliphatic hydroxyl groups is 1. The van der Waals surface area contributed by atoms with E-state index in [2.05, 4.69) is 26.0 Å². The molecule has 100 valence electrons. The Morgan fingerprint density at radius 2 is 1.94 bits per heavy atom. The first-order valence-corrected chi connectivity index (χ1v) is 7.00. The van der Waals surface area contributed by atoms with Gasteiger partial charge in [-0.15, -0.1) is 0 Å². The molecule has 1 saturated carbocycles. The minimum atomic E-state index is -0.495. The average molecular weight is 248 g/mol. The first kappa shape index (κ1) is 13.6. The Balaban J connectivity index is 1.79. The number of hydrogen-bond donors (Lipinski definition) is 1. The Bertz CT molecular complexity index is 381. The molecular formula is C16H24O2. The van der Waals surface area contributed by atoms with E-state index in [-0.39, 0.29) is 0 Å². The van der Waals surface area contributed by atoms with Crippen molar-refractivity contribution < 1.29 is 9.84 Å². The van der Waals surface area contributed by atoms with Crippen LogP contribution in [0.2, 0.25) is 0 Å². The summed E-state index contributed by atoms with van der Waals surface area (Å²) >= 11 is 0. The Kier molecular flexibility index (Phi) is 4.79. The molecule has 0 radical (unpaired) electrons. The first-order chi connectivity index (χ1) is 8.66. The van der Waals surface area contributed by atoms with Crippen LogP contribution >= 0.6 is 0 Å². The fourth-order valence-corrected chi connectivity index (χ4v) is 2.59. The number of aliphatic hydroxyl groups excluding tert-OH is 1. The Labute approximate surface area is 110 Å². The van der Waals surface area contributed by atoms with E-state index in [1.807, 2.05) is 6.07 Å². The average Bonchev–Trinajstić information content (AvgIpc) is 2.85. The second kappa shape index (κ2) is 6.35. The van der Waals surface area contributed by atoms with Crippen LogP contribution in [0.25, 0.3) is 0 Å². The summed E-state index contributed by atoms with van der Waals surface area (Å²) in [5.41, 5.74) is 3.45. The zero-order valence-corrected chi connectivity index (χ0v) is 11.5. The van der Waals surface area contributed by atoms with Crippen LogP contribution in [0.4, 0.5) is 0 Å². The molecule has 0 heterocycles. The van der Waals surface area contributed by atoms with Gasteiger partial charge in [0.05, 0.1) is 6.61 Å². The maximum atomic E-state index is 10.1. The molecule has 0 amide bonds. The van der Waals surface area contributed by atoms with Gasteiger partial charge >= 0.3 is 0 Å². The monoisotopic (exact) mass is 248 g/mol. The van der Waals surface area contributed by atoms with Crippen LogP contribution < -0.4 is 0 Å². The minimum Gasteiger partial charge on any atom is -0.386 e. The van der Waals surface area contributed by atoms with Gasteiger partial charge in [0.1, 0.15) is 6.10 Å². The van der Waals surface area contributed by atoms with Gasteiger partial charge in [-0.3, -0.25) is 0 Å². The Morgan fingerprint density at radius 3 is 2.61 bits per heavy atom. The summed E-state index contributed by atoms with van der Waals surface area (Å²) in [5.74, 6) is 0.719. The lowest BCUT2D eigenvalue weighted by Crippen LogP contribution is -2.12. The van der Waals surface area contributed by atoms with Crippen LogP contribution in [0.5, 0.6) is 0 Å². The van der Waals surface area contributed by atoms with Crippen molar-refractivity contribution in [1.82, 2.24) is 0 Å². The van der Waals surface area contributed by atoms with Crippen molar-refractivity contribution in [3.8, 4) is 0 Å². The highest BCUT2D eigenvalue weighted by Crippen LogP contribution is 2.25. The number of rotatable bonds is 5. The fraction of sp³-hybridized carbons (Fsp3) is 0.625. The van der Waals surface area contributed by atoms with Crippen LogP contribution in [0.1, 0.15) is 48.5 Å². The summed E-state index contributed by atoms with van der Waals surface area (Å²) in [6.07, 6.45) is 4.77. The molecule has 0 spiro atoms. The number of ether oxygens (including phenoxy) is 1. The van der Waals surface area contributed by atoms with Crippen LogP contribution in [0.15, 0.2) is 18.2 Å². The van der Waals surface area contributed by atoms with E-state index in [1.165, 1.54) is 36.8 Å². The molecule has 0 aromatic heterocycles. The smallest absolute Gasteiger partial charge is 0.102 e. The standard InChI is InChI=1S/C16H24O2/c1-12-7-8-15(9-13(12)2)16(17)11-18-10-14-5-3-4-6-14/h7-9,14,16-17H,3-6,10-11H2,1-2H3. The van der Waals surface area contributed by atoms with Gasteiger partial charge < -0.3 is 9.84 Å². The van der Waals surface area contributed by atoms with Crippen molar-refractivity contribution in [2.45, 2.75) is 45.6 Å². The van der Waals surface area contributed by atoms with Crippen molar-refractivity contribution in [2.24, 2.45) is 5.92 Å². The molecule has 0 bridgehead atoms. The largest absolute Gasteiger partial charge is 0.386 e. The maximum Gasteiger partial charge on any atom is 0.102 e. The SMILES string of the molecule is Cc1ccc(C(O)COCC2CCCC2)cc1C. The summed E-state index contributed by atoms with van der Waals surface area (Å²) < 4.78 is 5.65. The van der Waals surface area contributed by atoms with Gasteiger partial charge in [-0.25, -0.2) is 0 Å². The molecule has 1 aromatic carbocycles. The van der Waals surface area contributed by atoms with Crippen LogP contribution in [0, 0.1) is 19.8 Å². The molecule has 2 heteroatoms. The molecule has 1 atom stereocenters. The zero-order valence-electron chi connectivity index (χ0n) is 11.5. The van der Waals surface area contributed by atoms with Crippen LogP contribution in [-0.4, -0.2) is 18.3 Å². The summed E-state index contributed by atoms with van der Waals surface area (Å²) in [7, 11) is 0. The van der Waals surface area contributed by atoms with E-state index in [1.54, 1.807) is 0 Å². The minimum absolute atomic E-state index is 0.416. The zero-order chi connectivity index (χ0) is 13.0. The highest BCUT2D eigenvalue weighted by atomic mass is 16.5. The molecule has 2 nitrogen and oxygen atoms in total. The molecule has 1 aliphatic carbocycles. The fourth-order valence-electron chi connectivity index (χ4n) is 2.59. The Hall–Kier alpha value is -0.860. The molecule has 0 saturated heterocycles. The molecule has 18 heavy (non-hydrogen) atoms. The molecule has 1 aliphatic rings. The topological polar surface area (TPSA) is 29.5 Å².